The Bertz CT molecular complexity index is 510. The smallest absolute Gasteiger partial charge is 0.0367 e. The van der Waals surface area contributed by atoms with Gasteiger partial charge in [-0.25, -0.2) is 0 Å². The first-order valence-corrected chi connectivity index (χ1v) is 6.24. The van der Waals surface area contributed by atoms with Gasteiger partial charge in [-0.05, 0) is 29.5 Å². The van der Waals surface area contributed by atoms with Crippen molar-refractivity contribution in [1.82, 2.24) is 0 Å². The van der Waals surface area contributed by atoms with Crippen molar-refractivity contribution in [3.63, 3.8) is 0 Å². The van der Waals surface area contributed by atoms with Crippen molar-refractivity contribution in [3.05, 3.63) is 71.3 Å². The summed E-state index contributed by atoms with van der Waals surface area (Å²) < 4.78 is 0. The minimum absolute atomic E-state index is 0. The summed E-state index contributed by atoms with van der Waals surface area (Å²) in [5.74, 6) is 0.464. The van der Waals surface area contributed by atoms with Crippen molar-refractivity contribution in [1.29, 1.82) is 0 Å². The molecule has 0 spiro atoms. The molecule has 18 heavy (non-hydrogen) atoms. The monoisotopic (exact) mass is 259 g/mol. The Balaban J connectivity index is 0.00000120. The highest BCUT2D eigenvalue weighted by molar-refractivity contribution is 5.85. The Morgan fingerprint density at radius 1 is 0.889 bits per heavy atom. The summed E-state index contributed by atoms with van der Waals surface area (Å²) in [6, 6.07) is 19.4. The molecule has 94 valence electrons. The molecule has 0 aromatic heterocycles. The SMILES string of the molecule is Cl.NC1c2ccccc2CCC1c1ccccc1. The van der Waals surface area contributed by atoms with Crippen LogP contribution in [0.5, 0.6) is 0 Å². The van der Waals surface area contributed by atoms with Crippen molar-refractivity contribution in [2.45, 2.75) is 24.8 Å². The van der Waals surface area contributed by atoms with E-state index in [9.17, 15) is 0 Å². The van der Waals surface area contributed by atoms with E-state index in [4.69, 9.17) is 5.73 Å². The Hall–Kier alpha value is -1.31. The second-order valence-electron chi connectivity index (χ2n) is 4.78. The summed E-state index contributed by atoms with van der Waals surface area (Å²) in [6.07, 6.45) is 2.30. The average molecular weight is 260 g/mol. The predicted octanol–water partition coefficient (Wildman–Crippen LogP) is 3.84. The van der Waals surface area contributed by atoms with Gasteiger partial charge in [0.05, 0.1) is 0 Å². The third kappa shape index (κ3) is 2.29. The molecule has 1 nitrogen and oxygen atoms in total. The number of benzene rings is 2. The van der Waals surface area contributed by atoms with E-state index in [0.717, 1.165) is 12.8 Å². The van der Waals surface area contributed by atoms with Crippen LogP contribution in [0.3, 0.4) is 0 Å². The van der Waals surface area contributed by atoms with Crippen molar-refractivity contribution in [2.24, 2.45) is 5.73 Å². The summed E-state index contributed by atoms with van der Waals surface area (Å²) in [7, 11) is 0. The number of aryl methyl sites for hydroxylation is 1. The fourth-order valence-corrected chi connectivity index (χ4v) is 2.87. The highest BCUT2D eigenvalue weighted by Crippen LogP contribution is 2.38. The topological polar surface area (TPSA) is 26.0 Å². The summed E-state index contributed by atoms with van der Waals surface area (Å²) in [5.41, 5.74) is 10.5. The van der Waals surface area contributed by atoms with E-state index in [1.807, 2.05) is 0 Å². The average Bonchev–Trinajstić information content (AvgIpc) is 2.40. The maximum Gasteiger partial charge on any atom is 0.0367 e. The van der Waals surface area contributed by atoms with Gasteiger partial charge in [0.1, 0.15) is 0 Å². The third-order valence-electron chi connectivity index (χ3n) is 3.80. The molecule has 0 fully saturated rings. The van der Waals surface area contributed by atoms with Crippen LogP contribution < -0.4 is 5.73 Å². The van der Waals surface area contributed by atoms with Gasteiger partial charge >= 0.3 is 0 Å². The quantitative estimate of drug-likeness (QED) is 0.827. The maximum atomic E-state index is 6.42. The van der Waals surface area contributed by atoms with E-state index >= 15 is 0 Å². The standard InChI is InChI=1S/C16H17N.ClH/c17-16-14-9-5-4-8-13(14)10-11-15(16)12-6-2-1-3-7-12;/h1-9,15-16H,10-11,17H2;1H. The summed E-state index contributed by atoms with van der Waals surface area (Å²) in [5, 5.41) is 0. The molecule has 2 N–H and O–H groups in total. The van der Waals surface area contributed by atoms with Gasteiger partial charge in [0.2, 0.25) is 0 Å². The van der Waals surface area contributed by atoms with Gasteiger partial charge in [-0.1, -0.05) is 54.6 Å². The van der Waals surface area contributed by atoms with Crippen LogP contribution in [0.4, 0.5) is 0 Å². The minimum Gasteiger partial charge on any atom is -0.323 e. The van der Waals surface area contributed by atoms with E-state index in [0.29, 0.717) is 5.92 Å². The first-order chi connectivity index (χ1) is 8.36. The minimum atomic E-state index is 0. The van der Waals surface area contributed by atoms with Gasteiger partial charge < -0.3 is 5.73 Å². The molecule has 1 aliphatic rings. The van der Waals surface area contributed by atoms with Gasteiger partial charge in [-0.15, -0.1) is 12.4 Å². The van der Waals surface area contributed by atoms with Crippen LogP contribution in [-0.4, -0.2) is 0 Å². The van der Waals surface area contributed by atoms with E-state index in [2.05, 4.69) is 54.6 Å². The van der Waals surface area contributed by atoms with Gasteiger partial charge in [0, 0.05) is 12.0 Å². The molecular weight excluding hydrogens is 242 g/mol. The van der Waals surface area contributed by atoms with E-state index in [-0.39, 0.29) is 18.4 Å². The molecular formula is C16H18ClN. The summed E-state index contributed by atoms with van der Waals surface area (Å²) in [6.45, 7) is 0. The van der Waals surface area contributed by atoms with Crippen molar-refractivity contribution >= 4 is 12.4 Å². The van der Waals surface area contributed by atoms with Crippen molar-refractivity contribution < 1.29 is 0 Å². The molecule has 3 rings (SSSR count). The molecule has 0 radical (unpaired) electrons. The Morgan fingerprint density at radius 2 is 1.56 bits per heavy atom. The second-order valence-corrected chi connectivity index (χ2v) is 4.78. The summed E-state index contributed by atoms with van der Waals surface area (Å²) >= 11 is 0. The molecule has 0 saturated heterocycles. The Labute approximate surface area is 114 Å². The lowest BCUT2D eigenvalue weighted by molar-refractivity contribution is 0.486. The van der Waals surface area contributed by atoms with Crippen LogP contribution in [-0.2, 0) is 6.42 Å². The lowest BCUT2D eigenvalue weighted by Gasteiger charge is -2.31. The molecule has 1 aliphatic carbocycles. The lowest BCUT2D eigenvalue weighted by atomic mass is 9.77. The highest BCUT2D eigenvalue weighted by Gasteiger charge is 2.27. The number of rotatable bonds is 1. The van der Waals surface area contributed by atoms with Crippen LogP contribution in [0.1, 0.15) is 35.1 Å². The third-order valence-corrected chi connectivity index (χ3v) is 3.80. The number of nitrogens with two attached hydrogens (primary N) is 1. The van der Waals surface area contributed by atoms with Gasteiger partial charge in [0.15, 0.2) is 0 Å². The highest BCUT2D eigenvalue weighted by atomic mass is 35.5. The lowest BCUT2D eigenvalue weighted by Crippen LogP contribution is -2.25. The first kappa shape index (κ1) is 13.1. The largest absolute Gasteiger partial charge is 0.323 e. The Morgan fingerprint density at radius 3 is 2.33 bits per heavy atom. The van der Waals surface area contributed by atoms with E-state index in [1.165, 1.54) is 16.7 Å². The van der Waals surface area contributed by atoms with Crippen molar-refractivity contribution in [2.75, 3.05) is 0 Å². The molecule has 0 heterocycles. The Kier molecular flexibility index (Phi) is 4.05. The first-order valence-electron chi connectivity index (χ1n) is 6.24. The number of fused-ring (bicyclic) bond motifs is 1. The fraction of sp³-hybridized carbons (Fsp3) is 0.250. The van der Waals surface area contributed by atoms with Crippen LogP contribution in [0.15, 0.2) is 54.6 Å². The van der Waals surface area contributed by atoms with Crippen LogP contribution >= 0.6 is 12.4 Å². The zero-order valence-electron chi connectivity index (χ0n) is 10.3. The van der Waals surface area contributed by atoms with Gasteiger partial charge in [0.25, 0.3) is 0 Å². The number of halogens is 1. The molecule has 2 unspecified atom stereocenters. The van der Waals surface area contributed by atoms with Gasteiger partial charge in [-0.2, -0.15) is 0 Å². The maximum absolute atomic E-state index is 6.42. The van der Waals surface area contributed by atoms with Gasteiger partial charge in [-0.3, -0.25) is 0 Å². The predicted molar refractivity (Wildman–Crippen MR) is 78.1 cm³/mol. The van der Waals surface area contributed by atoms with Crippen molar-refractivity contribution in [3.8, 4) is 0 Å². The van der Waals surface area contributed by atoms with Crippen LogP contribution in [0.2, 0.25) is 0 Å². The molecule has 2 heteroatoms. The normalized spacial score (nSPS) is 21.8. The molecule has 0 bridgehead atoms. The van der Waals surface area contributed by atoms with Crippen LogP contribution in [0, 0.1) is 0 Å². The van der Waals surface area contributed by atoms with E-state index in [1.54, 1.807) is 0 Å². The molecule has 2 aromatic carbocycles. The molecule has 0 amide bonds. The second kappa shape index (κ2) is 5.55. The van der Waals surface area contributed by atoms with Crippen LogP contribution in [0.25, 0.3) is 0 Å². The fourth-order valence-electron chi connectivity index (χ4n) is 2.87. The number of hydrogen-bond acceptors (Lipinski definition) is 1. The zero-order chi connectivity index (χ0) is 11.7. The summed E-state index contributed by atoms with van der Waals surface area (Å²) in [4.78, 5) is 0. The molecule has 0 aliphatic heterocycles. The molecule has 0 saturated carbocycles. The molecule has 2 atom stereocenters. The zero-order valence-corrected chi connectivity index (χ0v) is 11.1. The number of hydrogen-bond donors (Lipinski definition) is 1. The molecule has 2 aromatic rings. The van der Waals surface area contributed by atoms with E-state index < -0.39 is 0 Å².